The van der Waals surface area contributed by atoms with Crippen molar-refractivity contribution in [3.63, 3.8) is 0 Å². The van der Waals surface area contributed by atoms with Gasteiger partial charge in [-0.1, -0.05) is 55.5 Å². The van der Waals surface area contributed by atoms with E-state index in [-0.39, 0.29) is 30.2 Å². The number of halogens is 1. The Morgan fingerprint density at radius 3 is 2.23 bits per heavy atom. The van der Waals surface area contributed by atoms with Crippen LogP contribution in [0.25, 0.3) is 11.1 Å². The average Bonchev–Trinajstić information content (AvgIpc) is 3.16. The molecule has 0 fully saturated rings. The van der Waals surface area contributed by atoms with Crippen LogP contribution in [0.2, 0.25) is 0 Å². The first-order valence-electron chi connectivity index (χ1n) is 11.3. The maximum atomic E-state index is 13.5. The lowest BCUT2D eigenvalue weighted by molar-refractivity contribution is -0.116. The topological polar surface area (TPSA) is 105 Å². The van der Waals surface area contributed by atoms with Gasteiger partial charge in [-0.25, -0.2) is 14.0 Å². The Bertz CT molecular complexity index is 1230. The molecule has 0 aromatic heterocycles. The van der Waals surface area contributed by atoms with Crippen LogP contribution < -0.4 is 10.6 Å². The summed E-state index contributed by atoms with van der Waals surface area (Å²) in [6.07, 6.45) is -0.341. The number of ether oxygens (including phenoxy) is 1. The number of nitrogens with one attached hydrogen (secondary N) is 2. The summed E-state index contributed by atoms with van der Waals surface area (Å²) in [5.41, 5.74) is 4.07. The van der Waals surface area contributed by atoms with Crippen LogP contribution in [0.4, 0.5) is 14.9 Å². The number of anilines is 1. The van der Waals surface area contributed by atoms with Gasteiger partial charge in [0.1, 0.15) is 12.4 Å². The third-order valence-corrected chi connectivity index (χ3v) is 6.08. The van der Waals surface area contributed by atoms with Crippen molar-refractivity contribution in [2.75, 3.05) is 11.9 Å². The van der Waals surface area contributed by atoms with Gasteiger partial charge in [0.2, 0.25) is 5.91 Å². The summed E-state index contributed by atoms with van der Waals surface area (Å²) in [7, 11) is 0. The van der Waals surface area contributed by atoms with Crippen LogP contribution in [0.3, 0.4) is 0 Å². The van der Waals surface area contributed by atoms with Crippen molar-refractivity contribution >= 4 is 23.7 Å². The molecule has 8 heteroatoms. The zero-order valence-corrected chi connectivity index (χ0v) is 19.1. The summed E-state index contributed by atoms with van der Waals surface area (Å²) in [5, 5.41) is 14.3. The molecule has 3 aromatic carbocycles. The summed E-state index contributed by atoms with van der Waals surface area (Å²) in [4.78, 5) is 36.3. The number of carbonyl (C=O) groups is 3. The summed E-state index contributed by atoms with van der Waals surface area (Å²) in [6.45, 7) is 1.94. The van der Waals surface area contributed by atoms with Gasteiger partial charge < -0.3 is 20.5 Å². The van der Waals surface area contributed by atoms with Crippen LogP contribution in [-0.4, -0.2) is 35.7 Å². The van der Waals surface area contributed by atoms with Gasteiger partial charge in [-0.05, 0) is 46.9 Å². The monoisotopic (exact) mass is 476 g/mol. The predicted molar refractivity (Wildman–Crippen MR) is 129 cm³/mol. The number of hydrogen-bond donors (Lipinski definition) is 3. The molecule has 0 radical (unpaired) electrons. The molecule has 3 N–H and O–H groups in total. The molecule has 3 aromatic rings. The van der Waals surface area contributed by atoms with Gasteiger partial charge in [0, 0.05) is 18.4 Å². The number of hydrogen-bond acceptors (Lipinski definition) is 4. The highest BCUT2D eigenvalue weighted by Gasteiger charge is 2.29. The minimum atomic E-state index is -1.29. The van der Waals surface area contributed by atoms with Crippen LogP contribution in [0, 0.1) is 5.82 Å². The molecule has 0 heterocycles. The van der Waals surface area contributed by atoms with Crippen LogP contribution >= 0.6 is 0 Å². The quantitative estimate of drug-likeness (QED) is 0.416. The number of carbonyl (C=O) groups excluding carboxylic acids is 2. The average molecular weight is 477 g/mol. The molecular weight excluding hydrogens is 451 g/mol. The van der Waals surface area contributed by atoms with Crippen LogP contribution in [-0.2, 0) is 9.53 Å². The van der Waals surface area contributed by atoms with Gasteiger partial charge in [-0.3, -0.25) is 4.79 Å². The van der Waals surface area contributed by atoms with Crippen molar-refractivity contribution in [1.29, 1.82) is 0 Å². The normalized spacial score (nSPS) is 12.9. The zero-order chi connectivity index (χ0) is 24.9. The highest BCUT2D eigenvalue weighted by atomic mass is 19.1. The maximum Gasteiger partial charge on any atom is 0.407 e. The second-order valence-corrected chi connectivity index (χ2v) is 8.32. The molecule has 1 aliphatic rings. The Morgan fingerprint density at radius 2 is 1.63 bits per heavy atom. The molecule has 1 atom stereocenters. The molecule has 0 aliphatic heterocycles. The van der Waals surface area contributed by atoms with Crippen molar-refractivity contribution in [3.05, 3.63) is 89.2 Å². The van der Waals surface area contributed by atoms with Crippen molar-refractivity contribution in [3.8, 4) is 11.1 Å². The minimum absolute atomic E-state index is 0.0843. The SMILES string of the molecule is CC[C@@H](CC(=O)Nc1cc(F)ccc1C(=O)O)NC(=O)OCC1c2ccccc2-c2ccccc21. The number of benzene rings is 3. The maximum absolute atomic E-state index is 13.5. The van der Waals surface area contributed by atoms with E-state index >= 15 is 0 Å². The molecular formula is C27H25FN2O5. The molecule has 1 aliphatic carbocycles. The predicted octanol–water partition coefficient (Wildman–Crippen LogP) is 5.17. The van der Waals surface area contributed by atoms with E-state index in [0.29, 0.717) is 6.42 Å². The molecule has 0 unspecified atom stereocenters. The fourth-order valence-corrected chi connectivity index (χ4v) is 4.34. The van der Waals surface area contributed by atoms with Gasteiger partial charge >= 0.3 is 12.1 Å². The van der Waals surface area contributed by atoms with E-state index in [4.69, 9.17) is 4.74 Å². The number of alkyl carbamates (subject to hydrolysis) is 1. The first-order valence-corrected chi connectivity index (χ1v) is 11.3. The van der Waals surface area contributed by atoms with Gasteiger partial charge in [0.15, 0.2) is 0 Å². The molecule has 0 bridgehead atoms. The third-order valence-electron chi connectivity index (χ3n) is 6.08. The first-order chi connectivity index (χ1) is 16.9. The molecule has 0 saturated heterocycles. The van der Waals surface area contributed by atoms with Crippen LogP contribution in [0.1, 0.15) is 47.2 Å². The van der Waals surface area contributed by atoms with Crippen molar-refractivity contribution in [2.24, 2.45) is 0 Å². The Hall–Kier alpha value is -4.20. The fourth-order valence-electron chi connectivity index (χ4n) is 4.34. The Morgan fingerprint density at radius 1 is 1.00 bits per heavy atom. The van der Waals surface area contributed by atoms with E-state index in [0.717, 1.165) is 40.5 Å². The van der Waals surface area contributed by atoms with Gasteiger partial charge in [0.25, 0.3) is 0 Å². The van der Waals surface area contributed by atoms with E-state index in [1.165, 1.54) is 0 Å². The molecule has 180 valence electrons. The second kappa shape index (κ2) is 10.4. The lowest BCUT2D eigenvalue weighted by atomic mass is 9.98. The Labute approximate surface area is 201 Å². The molecule has 35 heavy (non-hydrogen) atoms. The Balaban J connectivity index is 1.36. The van der Waals surface area contributed by atoms with Crippen molar-refractivity contribution in [1.82, 2.24) is 5.32 Å². The molecule has 2 amide bonds. The Kier molecular flexibility index (Phi) is 7.10. The summed E-state index contributed by atoms with van der Waals surface area (Å²) < 4.78 is 19.1. The summed E-state index contributed by atoms with van der Waals surface area (Å²) >= 11 is 0. The van der Waals surface area contributed by atoms with Gasteiger partial charge in [-0.15, -0.1) is 0 Å². The smallest absolute Gasteiger partial charge is 0.407 e. The first kappa shape index (κ1) is 23.9. The van der Waals surface area contributed by atoms with Crippen LogP contribution in [0.5, 0.6) is 0 Å². The van der Waals surface area contributed by atoms with E-state index < -0.39 is 29.8 Å². The zero-order valence-electron chi connectivity index (χ0n) is 19.1. The van der Waals surface area contributed by atoms with Gasteiger partial charge in [-0.2, -0.15) is 0 Å². The highest BCUT2D eigenvalue weighted by molar-refractivity contribution is 6.00. The number of aromatic carboxylic acids is 1. The third kappa shape index (κ3) is 5.32. The molecule has 7 nitrogen and oxygen atoms in total. The second-order valence-electron chi connectivity index (χ2n) is 8.32. The molecule has 4 rings (SSSR count). The van der Waals surface area contributed by atoms with Crippen LogP contribution in [0.15, 0.2) is 66.7 Å². The van der Waals surface area contributed by atoms with Gasteiger partial charge in [0.05, 0.1) is 11.3 Å². The van der Waals surface area contributed by atoms with E-state index in [1.54, 1.807) is 6.92 Å². The number of amides is 2. The summed E-state index contributed by atoms with van der Waals surface area (Å²) in [6, 6.07) is 18.5. The number of carboxylic acid groups (broad SMARTS) is 1. The van der Waals surface area contributed by atoms with E-state index in [1.807, 2.05) is 48.5 Å². The largest absolute Gasteiger partial charge is 0.478 e. The number of fused-ring (bicyclic) bond motifs is 3. The lowest BCUT2D eigenvalue weighted by Gasteiger charge is -2.19. The summed E-state index contributed by atoms with van der Waals surface area (Å²) in [5.74, 6) is -2.60. The lowest BCUT2D eigenvalue weighted by Crippen LogP contribution is -2.38. The molecule has 0 spiro atoms. The van der Waals surface area contributed by atoms with Crippen molar-refractivity contribution < 1.29 is 28.6 Å². The number of rotatable bonds is 8. The standard InChI is InChI=1S/C27H25FN2O5/c1-2-17(14-25(31)30-24-13-16(28)11-12-22(24)26(32)33)29-27(34)35-15-23-20-9-5-3-7-18(20)19-8-4-6-10-21(19)23/h3-13,17,23H,2,14-15H2,1H3,(H,29,34)(H,30,31)(H,32,33)/t17-/m0/s1. The molecule has 0 saturated carbocycles. The fraction of sp³-hybridized carbons (Fsp3) is 0.222. The highest BCUT2D eigenvalue weighted by Crippen LogP contribution is 2.44. The van der Waals surface area contributed by atoms with E-state index in [9.17, 15) is 23.9 Å². The number of carboxylic acids is 1. The van der Waals surface area contributed by atoms with E-state index in [2.05, 4.69) is 10.6 Å². The van der Waals surface area contributed by atoms with Crippen molar-refractivity contribution in [2.45, 2.75) is 31.7 Å². The minimum Gasteiger partial charge on any atom is -0.478 e.